The van der Waals surface area contributed by atoms with E-state index < -0.39 is 11.0 Å². The van der Waals surface area contributed by atoms with Gasteiger partial charge in [-0.05, 0) is 47.6 Å². The van der Waals surface area contributed by atoms with Crippen molar-refractivity contribution in [1.29, 1.82) is 0 Å². The summed E-state index contributed by atoms with van der Waals surface area (Å²) in [5.41, 5.74) is 4.41. The molecule has 1 unspecified atom stereocenters. The number of piperazine rings is 1. The van der Waals surface area contributed by atoms with Crippen molar-refractivity contribution in [2.45, 2.75) is 52.5 Å². The van der Waals surface area contributed by atoms with E-state index in [0.717, 1.165) is 67.6 Å². The zero-order valence-electron chi connectivity index (χ0n) is 25.8. The number of aryl methyl sites for hydroxylation is 1. The summed E-state index contributed by atoms with van der Waals surface area (Å²) in [5.74, 6) is 0.477. The molecule has 2 heterocycles. The minimum absolute atomic E-state index is 0.126. The van der Waals surface area contributed by atoms with Crippen molar-refractivity contribution < 1.29 is 18.5 Å². The minimum Gasteiger partial charge on any atom is -0.492 e. The fourth-order valence-electron chi connectivity index (χ4n) is 5.77. The third kappa shape index (κ3) is 6.06. The topological polar surface area (TPSA) is 95.9 Å². The number of amides is 2. The van der Waals surface area contributed by atoms with Gasteiger partial charge in [0.2, 0.25) is 5.91 Å². The average Bonchev–Trinajstić information content (AvgIpc) is 3.59. The highest BCUT2D eigenvalue weighted by atomic mass is 32.2. The number of nitrogens with one attached hydrogen (secondary N) is 2. The molecule has 0 radical (unpaired) electrons. The molecule has 1 aromatic heterocycles. The van der Waals surface area contributed by atoms with Crippen LogP contribution in [0.2, 0.25) is 0 Å². The summed E-state index contributed by atoms with van der Waals surface area (Å²) in [4.78, 5) is 30.9. The first-order valence-corrected chi connectivity index (χ1v) is 16.1. The molecule has 5 rings (SSSR count). The maximum atomic E-state index is 13.7. The van der Waals surface area contributed by atoms with Gasteiger partial charge in [0.05, 0.1) is 24.0 Å². The van der Waals surface area contributed by atoms with Gasteiger partial charge in [-0.25, -0.2) is 4.21 Å². The molecule has 226 valence electrons. The highest BCUT2D eigenvalue weighted by Gasteiger charge is 2.47. The molecular weight excluding hydrogens is 550 g/mol. The zero-order valence-corrected chi connectivity index (χ0v) is 26.6. The molecule has 2 amide bonds. The Morgan fingerprint density at radius 1 is 1.05 bits per heavy atom. The van der Waals surface area contributed by atoms with Crippen LogP contribution in [0.15, 0.2) is 36.4 Å². The highest BCUT2D eigenvalue weighted by molar-refractivity contribution is 7.85. The number of hydrogen-bond acceptors (Lipinski definition) is 5. The lowest BCUT2D eigenvalue weighted by Crippen LogP contribution is -2.50. The van der Waals surface area contributed by atoms with Gasteiger partial charge in [-0.3, -0.25) is 14.5 Å². The van der Waals surface area contributed by atoms with Crippen molar-refractivity contribution in [3.8, 4) is 5.75 Å². The summed E-state index contributed by atoms with van der Waals surface area (Å²) in [7, 11) is 2.14. The third-order valence-electron chi connectivity index (χ3n) is 8.60. The number of aromatic nitrogens is 1. The van der Waals surface area contributed by atoms with Crippen LogP contribution in [0.1, 0.15) is 62.2 Å². The molecule has 3 aromatic rings. The minimum atomic E-state index is -1.32. The molecule has 0 spiro atoms. The fourth-order valence-corrected chi connectivity index (χ4v) is 6.23. The van der Waals surface area contributed by atoms with E-state index in [1.807, 2.05) is 46.8 Å². The SMILES string of the molecule is COc1c(NC(=O)c2cc3cccc(CN4CCN(C(=O)C5(C)CC5)CC4)c3n2C)cc(C(C)(C)C)cc1NS(C)=O. The largest absolute Gasteiger partial charge is 0.492 e. The predicted octanol–water partition coefficient (Wildman–Crippen LogP) is 4.89. The Kier molecular flexibility index (Phi) is 8.15. The van der Waals surface area contributed by atoms with Crippen molar-refractivity contribution in [2.75, 3.05) is 49.6 Å². The highest BCUT2D eigenvalue weighted by Crippen LogP contribution is 2.46. The van der Waals surface area contributed by atoms with E-state index in [1.165, 1.54) is 7.11 Å². The lowest BCUT2D eigenvalue weighted by molar-refractivity contribution is -0.138. The monoisotopic (exact) mass is 593 g/mol. The number of fused-ring (bicyclic) bond motifs is 1. The van der Waals surface area contributed by atoms with Gasteiger partial charge in [0, 0.05) is 56.8 Å². The molecule has 2 aromatic carbocycles. The molecule has 1 saturated carbocycles. The van der Waals surface area contributed by atoms with Crippen LogP contribution in [0.3, 0.4) is 0 Å². The molecule has 0 bridgehead atoms. The number of benzene rings is 2. The molecule has 9 nitrogen and oxygen atoms in total. The quantitative estimate of drug-likeness (QED) is 0.388. The van der Waals surface area contributed by atoms with Crippen LogP contribution in [0.4, 0.5) is 11.4 Å². The molecule has 2 fully saturated rings. The Morgan fingerprint density at radius 2 is 1.71 bits per heavy atom. The van der Waals surface area contributed by atoms with E-state index in [1.54, 1.807) is 6.26 Å². The lowest BCUT2D eigenvalue weighted by Gasteiger charge is -2.36. The molecule has 1 aliphatic heterocycles. The second-order valence-corrected chi connectivity index (χ2v) is 14.0. The zero-order chi connectivity index (χ0) is 30.4. The maximum absolute atomic E-state index is 13.7. The van der Waals surface area contributed by atoms with E-state index in [2.05, 4.69) is 48.7 Å². The lowest BCUT2D eigenvalue weighted by atomic mass is 9.86. The average molecular weight is 594 g/mol. The number of nitrogens with zero attached hydrogens (tertiary/aromatic N) is 3. The Hall–Kier alpha value is -3.37. The molecule has 1 saturated heterocycles. The van der Waals surface area contributed by atoms with Crippen molar-refractivity contribution in [3.63, 3.8) is 0 Å². The normalized spacial score (nSPS) is 17.6. The molecule has 10 heteroatoms. The van der Waals surface area contributed by atoms with Crippen molar-refractivity contribution in [3.05, 3.63) is 53.2 Å². The van der Waals surface area contributed by atoms with Crippen LogP contribution < -0.4 is 14.8 Å². The predicted molar refractivity (Wildman–Crippen MR) is 169 cm³/mol. The Balaban J connectivity index is 1.38. The summed E-state index contributed by atoms with van der Waals surface area (Å²) in [6.45, 7) is 12.3. The van der Waals surface area contributed by atoms with Gasteiger partial charge in [-0.2, -0.15) is 0 Å². The van der Waals surface area contributed by atoms with Crippen molar-refractivity contribution in [1.82, 2.24) is 14.4 Å². The molecule has 2 aliphatic rings. The van der Waals surface area contributed by atoms with Gasteiger partial charge in [-0.15, -0.1) is 0 Å². The standard InChI is InChI=1S/C32H43N5O4S/c1-31(2,3)23-18-24(28(41-6)25(19-23)34-42(7)40)33-29(38)26-17-21-9-8-10-22(27(21)35(26)5)20-36-13-15-37(16-14-36)30(39)32(4)11-12-32/h8-10,17-19,34H,11-16,20H2,1-7H3,(H,33,38). The first-order chi connectivity index (χ1) is 19.8. The van der Waals surface area contributed by atoms with E-state index in [4.69, 9.17) is 4.74 Å². The second kappa shape index (κ2) is 11.4. The molecule has 42 heavy (non-hydrogen) atoms. The van der Waals surface area contributed by atoms with Gasteiger partial charge < -0.3 is 24.2 Å². The van der Waals surface area contributed by atoms with Crippen molar-refractivity contribution >= 4 is 45.1 Å². The Morgan fingerprint density at radius 3 is 2.31 bits per heavy atom. The maximum Gasteiger partial charge on any atom is 0.272 e. The van der Waals surface area contributed by atoms with E-state index >= 15 is 0 Å². The van der Waals surface area contributed by atoms with E-state index in [9.17, 15) is 13.8 Å². The first kappa shape index (κ1) is 30.1. The molecule has 1 atom stereocenters. The van der Waals surface area contributed by atoms with Gasteiger partial charge in [0.15, 0.2) is 5.75 Å². The van der Waals surface area contributed by atoms with E-state index in [0.29, 0.717) is 28.7 Å². The van der Waals surface area contributed by atoms with Crippen LogP contribution in [0.5, 0.6) is 5.75 Å². The Labute approximate surface area is 251 Å². The van der Waals surface area contributed by atoms with Crippen molar-refractivity contribution in [2.24, 2.45) is 12.5 Å². The van der Waals surface area contributed by atoms with Gasteiger partial charge in [0.1, 0.15) is 16.7 Å². The second-order valence-electron chi connectivity index (χ2n) is 12.9. The van der Waals surface area contributed by atoms with Gasteiger partial charge in [0.25, 0.3) is 5.91 Å². The molecule has 1 aliphatic carbocycles. The summed E-state index contributed by atoms with van der Waals surface area (Å²) >= 11 is 0. The van der Waals surface area contributed by atoms with Crippen LogP contribution in [-0.2, 0) is 34.8 Å². The summed E-state index contributed by atoms with van der Waals surface area (Å²) in [6.07, 6.45) is 3.57. The molecule has 2 N–H and O–H groups in total. The summed E-state index contributed by atoms with van der Waals surface area (Å²) in [6, 6.07) is 11.9. The number of carbonyl (C=O) groups excluding carboxylic acids is 2. The third-order valence-corrected chi connectivity index (χ3v) is 9.11. The Bertz CT molecular complexity index is 1540. The smallest absolute Gasteiger partial charge is 0.272 e. The van der Waals surface area contributed by atoms with Crippen LogP contribution in [0.25, 0.3) is 10.9 Å². The fraction of sp³-hybridized carbons (Fsp3) is 0.500. The van der Waals surface area contributed by atoms with Crippen LogP contribution in [0, 0.1) is 5.41 Å². The summed E-state index contributed by atoms with van der Waals surface area (Å²) in [5, 5.41) is 4.06. The van der Waals surface area contributed by atoms with Gasteiger partial charge in [-0.1, -0.05) is 45.9 Å². The number of para-hydroxylation sites is 1. The summed E-state index contributed by atoms with van der Waals surface area (Å²) < 4.78 is 22.6. The molecular formula is C32H43N5O4S. The number of hydrogen-bond donors (Lipinski definition) is 2. The van der Waals surface area contributed by atoms with Crippen LogP contribution in [-0.4, -0.2) is 69.9 Å². The number of methoxy groups -OCH3 is 1. The number of rotatable bonds is 8. The number of carbonyl (C=O) groups is 2. The number of anilines is 2. The first-order valence-electron chi connectivity index (χ1n) is 14.5. The van der Waals surface area contributed by atoms with Crippen LogP contribution >= 0.6 is 0 Å². The van der Waals surface area contributed by atoms with Gasteiger partial charge >= 0.3 is 0 Å². The number of ether oxygens (including phenoxy) is 1. The van der Waals surface area contributed by atoms with E-state index in [-0.39, 0.29) is 16.7 Å².